The van der Waals surface area contributed by atoms with E-state index in [4.69, 9.17) is 0 Å². The molecule has 1 amide bonds. The standard InChI is InChI=1S/C22H22F4N2O/c1-14(19(29)28-18-7-5-17(23)6-8-18)20-11-21(12-20,13-20)27-10-15-3-2-4-16(9-15)22(24,25)26/h2-9,14,27H,10-13H2,1H3,(H,28,29)/p+1. The van der Waals surface area contributed by atoms with Crippen molar-refractivity contribution in [3.8, 4) is 0 Å². The predicted molar refractivity (Wildman–Crippen MR) is 100 cm³/mol. The van der Waals surface area contributed by atoms with Crippen molar-refractivity contribution in [3.05, 3.63) is 65.5 Å². The zero-order chi connectivity index (χ0) is 20.9. The van der Waals surface area contributed by atoms with Crippen molar-refractivity contribution < 1.29 is 27.7 Å². The molecule has 0 spiro atoms. The maximum absolute atomic E-state index is 13.0. The van der Waals surface area contributed by atoms with Crippen LogP contribution < -0.4 is 10.6 Å². The summed E-state index contributed by atoms with van der Waals surface area (Å²) >= 11 is 0. The summed E-state index contributed by atoms with van der Waals surface area (Å²) in [5, 5.41) is 4.96. The van der Waals surface area contributed by atoms with Crippen LogP contribution in [0.5, 0.6) is 0 Å². The third-order valence-corrected chi connectivity index (χ3v) is 6.56. The van der Waals surface area contributed by atoms with Gasteiger partial charge in [0.25, 0.3) is 0 Å². The first-order chi connectivity index (χ1) is 13.6. The molecule has 2 aromatic carbocycles. The second-order valence-corrected chi connectivity index (χ2v) is 8.58. The molecule has 2 bridgehead atoms. The molecule has 2 aromatic rings. The predicted octanol–water partition coefficient (Wildman–Crippen LogP) is 4.11. The summed E-state index contributed by atoms with van der Waals surface area (Å²) in [4.78, 5) is 12.6. The molecule has 1 atom stereocenters. The molecule has 5 rings (SSSR count). The van der Waals surface area contributed by atoms with E-state index in [9.17, 15) is 22.4 Å². The molecule has 3 fully saturated rings. The summed E-state index contributed by atoms with van der Waals surface area (Å²) in [5.74, 6) is -0.604. The second kappa shape index (κ2) is 6.83. The minimum Gasteiger partial charge on any atom is -0.338 e. The average molecular weight is 407 g/mol. The molecule has 0 saturated heterocycles. The molecule has 0 radical (unpaired) electrons. The van der Waals surface area contributed by atoms with Gasteiger partial charge in [0.05, 0.1) is 11.1 Å². The van der Waals surface area contributed by atoms with Crippen LogP contribution >= 0.6 is 0 Å². The average Bonchev–Trinajstić information content (AvgIpc) is 2.60. The number of hydrogen-bond donors (Lipinski definition) is 2. The van der Waals surface area contributed by atoms with Gasteiger partial charge in [0.2, 0.25) is 5.91 Å². The SMILES string of the molecule is CC(C(=O)Nc1ccc(F)cc1)C12CC([NH2+]Cc3cccc(C(F)(F)F)c3)(C1)C2. The number of amides is 1. The Morgan fingerprint density at radius 3 is 2.41 bits per heavy atom. The molecule has 7 heteroatoms. The largest absolute Gasteiger partial charge is 0.416 e. The van der Waals surface area contributed by atoms with Gasteiger partial charge in [-0.25, -0.2) is 4.39 Å². The quantitative estimate of drug-likeness (QED) is 0.696. The van der Waals surface area contributed by atoms with E-state index in [0.717, 1.165) is 25.3 Å². The van der Waals surface area contributed by atoms with Gasteiger partial charge >= 0.3 is 6.18 Å². The van der Waals surface area contributed by atoms with E-state index in [1.54, 1.807) is 6.07 Å². The van der Waals surface area contributed by atoms with Gasteiger partial charge in [-0.05, 0) is 41.8 Å². The lowest BCUT2D eigenvalue weighted by Gasteiger charge is -2.69. The first-order valence-electron chi connectivity index (χ1n) is 9.68. The highest BCUT2D eigenvalue weighted by molar-refractivity contribution is 5.93. The topological polar surface area (TPSA) is 45.7 Å². The highest BCUT2D eigenvalue weighted by atomic mass is 19.4. The number of halogens is 4. The van der Waals surface area contributed by atoms with Crippen LogP contribution in [-0.4, -0.2) is 11.4 Å². The summed E-state index contributed by atoms with van der Waals surface area (Å²) in [5.41, 5.74) is 0.609. The molecule has 3 aliphatic rings. The van der Waals surface area contributed by atoms with Crippen molar-refractivity contribution in [2.45, 2.75) is 44.4 Å². The lowest BCUT2D eigenvalue weighted by atomic mass is 9.36. The van der Waals surface area contributed by atoms with Gasteiger partial charge in [-0.3, -0.25) is 4.79 Å². The first kappa shape index (κ1) is 19.9. The normalized spacial score (nSPS) is 26.2. The molecule has 0 aromatic heterocycles. The Hall–Kier alpha value is -2.41. The smallest absolute Gasteiger partial charge is 0.338 e. The third kappa shape index (κ3) is 3.75. The molecular formula is C22H23F4N2O+. The zero-order valence-electron chi connectivity index (χ0n) is 16.0. The second-order valence-electron chi connectivity index (χ2n) is 8.58. The number of carbonyl (C=O) groups excluding carboxylic acids is 1. The number of hydrogen-bond acceptors (Lipinski definition) is 1. The van der Waals surface area contributed by atoms with Crippen molar-refractivity contribution in [2.75, 3.05) is 5.32 Å². The van der Waals surface area contributed by atoms with E-state index in [2.05, 4.69) is 10.6 Å². The molecule has 3 nitrogen and oxygen atoms in total. The van der Waals surface area contributed by atoms with Gasteiger partial charge in [-0.15, -0.1) is 0 Å². The number of carbonyl (C=O) groups is 1. The number of quaternary nitrogens is 1. The van der Waals surface area contributed by atoms with Crippen molar-refractivity contribution in [3.63, 3.8) is 0 Å². The Kier molecular flexibility index (Phi) is 4.69. The van der Waals surface area contributed by atoms with Gasteiger partial charge in [0, 0.05) is 36.4 Å². The number of anilines is 1. The van der Waals surface area contributed by atoms with Crippen LogP contribution in [0.2, 0.25) is 0 Å². The highest BCUT2D eigenvalue weighted by Crippen LogP contribution is 2.68. The van der Waals surface area contributed by atoms with Crippen LogP contribution in [0.25, 0.3) is 0 Å². The summed E-state index contributed by atoms with van der Waals surface area (Å²) in [6.45, 7) is 2.41. The number of rotatable bonds is 6. The van der Waals surface area contributed by atoms with E-state index in [0.29, 0.717) is 17.8 Å². The summed E-state index contributed by atoms with van der Waals surface area (Å²) < 4.78 is 51.5. The lowest BCUT2D eigenvalue weighted by Crippen LogP contribution is -3.05. The van der Waals surface area contributed by atoms with Crippen LogP contribution in [0.3, 0.4) is 0 Å². The molecule has 3 N–H and O–H groups in total. The van der Waals surface area contributed by atoms with E-state index in [1.807, 2.05) is 6.92 Å². The van der Waals surface area contributed by atoms with Crippen LogP contribution in [0, 0.1) is 17.2 Å². The lowest BCUT2D eigenvalue weighted by molar-refractivity contribution is -0.788. The highest BCUT2D eigenvalue weighted by Gasteiger charge is 2.73. The number of nitrogens with two attached hydrogens (primary N) is 1. The van der Waals surface area contributed by atoms with Crippen LogP contribution in [-0.2, 0) is 17.5 Å². The summed E-state index contributed by atoms with van der Waals surface area (Å²) in [7, 11) is 0. The molecule has 1 unspecified atom stereocenters. The minimum atomic E-state index is -4.33. The molecule has 0 heterocycles. The summed E-state index contributed by atoms with van der Waals surface area (Å²) in [6.07, 6.45) is -1.67. The van der Waals surface area contributed by atoms with E-state index >= 15 is 0 Å². The van der Waals surface area contributed by atoms with Crippen molar-refractivity contribution in [1.29, 1.82) is 0 Å². The monoisotopic (exact) mass is 407 g/mol. The number of alkyl halides is 3. The summed E-state index contributed by atoms with van der Waals surface area (Å²) in [6, 6.07) is 11.1. The molecule has 3 aliphatic carbocycles. The maximum Gasteiger partial charge on any atom is 0.416 e. The Morgan fingerprint density at radius 1 is 1.14 bits per heavy atom. The Labute approximate surface area is 166 Å². The Morgan fingerprint density at radius 2 is 1.79 bits per heavy atom. The molecule has 154 valence electrons. The van der Waals surface area contributed by atoms with Gasteiger partial charge < -0.3 is 10.6 Å². The van der Waals surface area contributed by atoms with Crippen molar-refractivity contribution in [2.24, 2.45) is 11.3 Å². The number of benzene rings is 2. The Balaban J connectivity index is 1.30. The van der Waals surface area contributed by atoms with Gasteiger partial charge in [-0.1, -0.05) is 19.1 Å². The fourth-order valence-corrected chi connectivity index (χ4v) is 4.89. The van der Waals surface area contributed by atoms with Crippen molar-refractivity contribution >= 4 is 11.6 Å². The molecule has 3 saturated carbocycles. The van der Waals surface area contributed by atoms with Gasteiger partial charge in [0.1, 0.15) is 12.4 Å². The van der Waals surface area contributed by atoms with Crippen LogP contribution in [0.1, 0.15) is 37.3 Å². The van der Waals surface area contributed by atoms with E-state index < -0.39 is 11.7 Å². The maximum atomic E-state index is 13.0. The van der Waals surface area contributed by atoms with E-state index in [1.165, 1.54) is 36.4 Å². The number of nitrogens with one attached hydrogen (secondary N) is 1. The van der Waals surface area contributed by atoms with Gasteiger partial charge in [0.15, 0.2) is 0 Å². The van der Waals surface area contributed by atoms with Gasteiger partial charge in [-0.2, -0.15) is 13.2 Å². The van der Waals surface area contributed by atoms with E-state index in [-0.39, 0.29) is 28.6 Å². The van der Waals surface area contributed by atoms with Crippen LogP contribution in [0.4, 0.5) is 23.2 Å². The minimum absolute atomic E-state index is 0.0333. The first-order valence-corrected chi connectivity index (χ1v) is 9.68. The molecule has 0 aliphatic heterocycles. The third-order valence-electron chi connectivity index (χ3n) is 6.56. The Bertz CT molecular complexity index is 903. The van der Waals surface area contributed by atoms with Crippen molar-refractivity contribution in [1.82, 2.24) is 0 Å². The van der Waals surface area contributed by atoms with Crippen LogP contribution in [0.15, 0.2) is 48.5 Å². The zero-order valence-corrected chi connectivity index (χ0v) is 16.0. The molecule has 29 heavy (non-hydrogen) atoms. The molecular weight excluding hydrogens is 384 g/mol. The fraction of sp³-hybridized carbons (Fsp3) is 0.409. The fourth-order valence-electron chi connectivity index (χ4n) is 4.89.